The van der Waals surface area contributed by atoms with Crippen LogP contribution >= 0.6 is 0 Å². The van der Waals surface area contributed by atoms with E-state index in [9.17, 15) is 14.0 Å². The highest BCUT2D eigenvalue weighted by Crippen LogP contribution is 2.44. The summed E-state index contributed by atoms with van der Waals surface area (Å²) in [6.45, 7) is 3.03. The Hall–Kier alpha value is -2.15. The maximum absolute atomic E-state index is 13.7. The van der Waals surface area contributed by atoms with Crippen LogP contribution in [0.2, 0.25) is 0 Å². The van der Waals surface area contributed by atoms with E-state index in [1.165, 1.54) is 12.1 Å². The number of carbonyl (C=O) groups is 2. The molecule has 3 rings (SSSR count). The lowest BCUT2D eigenvalue weighted by molar-refractivity contribution is -0.125. The number of fused-ring (bicyclic) bond motifs is 2. The van der Waals surface area contributed by atoms with E-state index in [0.717, 1.165) is 0 Å². The lowest BCUT2D eigenvalue weighted by atomic mass is 9.81. The molecular formula is C16H20FN3O3. The number of hydrogen-bond donors (Lipinski definition) is 2. The zero-order chi connectivity index (χ0) is 16.6. The largest absolute Gasteiger partial charge is 0.438 e. The molecule has 1 atom stereocenters. The third-order valence-corrected chi connectivity index (χ3v) is 4.76. The van der Waals surface area contributed by atoms with Crippen LogP contribution in [0.5, 0.6) is 0 Å². The van der Waals surface area contributed by atoms with Crippen molar-refractivity contribution in [2.45, 2.75) is 37.8 Å². The summed E-state index contributed by atoms with van der Waals surface area (Å²) in [5, 5.41) is 2.61. The van der Waals surface area contributed by atoms with Crippen molar-refractivity contribution >= 4 is 17.7 Å². The van der Waals surface area contributed by atoms with Crippen LogP contribution < -0.4 is 11.1 Å². The second-order valence-corrected chi connectivity index (χ2v) is 6.06. The van der Waals surface area contributed by atoms with Crippen molar-refractivity contribution in [3.05, 3.63) is 29.6 Å². The number of benzene rings is 1. The molecule has 0 radical (unpaired) electrons. The summed E-state index contributed by atoms with van der Waals surface area (Å²) in [4.78, 5) is 25.4. The predicted molar refractivity (Wildman–Crippen MR) is 82.3 cm³/mol. The van der Waals surface area contributed by atoms with Crippen LogP contribution in [0, 0.1) is 5.82 Å². The molecule has 2 amide bonds. The lowest BCUT2D eigenvalue weighted by Gasteiger charge is -2.45. The van der Waals surface area contributed by atoms with Crippen LogP contribution in [0.15, 0.2) is 18.2 Å². The van der Waals surface area contributed by atoms with E-state index in [2.05, 4.69) is 5.32 Å². The number of nitrogens with zero attached hydrogens (tertiary/aromatic N) is 1. The molecule has 1 aromatic rings. The number of amides is 2. The number of piperidine rings is 1. The van der Waals surface area contributed by atoms with Crippen LogP contribution in [0.25, 0.3) is 0 Å². The van der Waals surface area contributed by atoms with Crippen molar-refractivity contribution in [1.82, 2.24) is 4.90 Å². The molecule has 0 saturated carbocycles. The van der Waals surface area contributed by atoms with Gasteiger partial charge in [0.2, 0.25) is 5.91 Å². The molecule has 0 aliphatic carbocycles. The van der Waals surface area contributed by atoms with Gasteiger partial charge in [-0.3, -0.25) is 15.0 Å². The van der Waals surface area contributed by atoms with E-state index < -0.39 is 11.7 Å². The van der Waals surface area contributed by atoms with Gasteiger partial charge in [0.25, 0.3) is 0 Å². The zero-order valence-electron chi connectivity index (χ0n) is 13.0. The van der Waals surface area contributed by atoms with Crippen molar-refractivity contribution in [3.8, 4) is 0 Å². The summed E-state index contributed by atoms with van der Waals surface area (Å²) < 4.78 is 19.2. The number of hydrogen-bond acceptors (Lipinski definition) is 4. The van der Waals surface area contributed by atoms with Crippen LogP contribution in [-0.2, 0) is 15.1 Å². The molecule has 0 aromatic heterocycles. The predicted octanol–water partition coefficient (Wildman–Crippen LogP) is 1.94. The van der Waals surface area contributed by atoms with Gasteiger partial charge in [0.1, 0.15) is 11.4 Å². The average molecular weight is 321 g/mol. The number of carbonyl (C=O) groups excluding carboxylic acids is 2. The Balaban J connectivity index is 1.86. The summed E-state index contributed by atoms with van der Waals surface area (Å²) in [5.41, 5.74) is 5.84. The van der Waals surface area contributed by atoms with Gasteiger partial charge in [0, 0.05) is 31.5 Å². The number of likely N-dealkylation sites (tertiary alicyclic amines) is 1. The Morgan fingerprint density at radius 2 is 2.17 bits per heavy atom. The van der Waals surface area contributed by atoms with Crippen molar-refractivity contribution in [3.63, 3.8) is 0 Å². The maximum Gasteiger partial charge on any atom is 0.412 e. The number of primary amides is 1. The van der Waals surface area contributed by atoms with Gasteiger partial charge in [-0.2, -0.15) is 0 Å². The smallest absolute Gasteiger partial charge is 0.412 e. The number of rotatable bonds is 3. The maximum atomic E-state index is 13.7. The van der Waals surface area contributed by atoms with Gasteiger partial charge in [0.15, 0.2) is 0 Å². The van der Waals surface area contributed by atoms with E-state index >= 15 is 0 Å². The first kappa shape index (κ1) is 15.7. The first-order chi connectivity index (χ1) is 10.9. The third-order valence-electron chi connectivity index (χ3n) is 4.76. The van der Waals surface area contributed by atoms with Crippen LogP contribution in [0.1, 0.15) is 31.7 Å². The zero-order valence-corrected chi connectivity index (χ0v) is 13.0. The summed E-state index contributed by atoms with van der Waals surface area (Å²) in [5.74, 6) is -0.717. The first-order valence-corrected chi connectivity index (χ1v) is 7.78. The van der Waals surface area contributed by atoms with Crippen molar-refractivity contribution < 1.29 is 18.7 Å². The fourth-order valence-corrected chi connectivity index (χ4v) is 3.58. The van der Waals surface area contributed by atoms with E-state index in [1.54, 1.807) is 6.07 Å². The summed E-state index contributed by atoms with van der Waals surface area (Å²) >= 11 is 0. The third kappa shape index (κ3) is 2.76. The van der Waals surface area contributed by atoms with Gasteiger partial charge < -0.3 is 10.5 Å². The van der Waals surface area contributed by atoms with Crippen molar-refractivity contribution in [2.24, 2.45) is 5.73 Å². The van der Waals surface area contributed by atoms with Gasteiger partial charge in [-0.05, 0) is 24.6 Å². The van der Waals surface area contributed by atoms with Crippen molar-refractivity contribution in [2.75, 3.05) is 18.4 Å². The van der Waals surface area contributed by atoms with E-state index in [-0.39, 0.29) is 17.8 Å². The standard InChI is InChI=1S/C16H20FN3O3/c1-2-13(14(18)21)20-7-5-16(6-8-20)11-9-10(17)3-4-12(11)19-15(22)23-16/h3-4,9,13H,2,5-8H2,1H3,(H2,18,21)(H,19,22). The molecule has 7 heteroatoms. The van der Waals surface area contributed by atoms with Gasteiger partial charge in [0.05, 0.1) is 11.7 Å². The normalized spacial score (nSPS) is 21.2. The quantitative estimate of drug-likeness (QED) is 0.891. The SMILES string of the molecule is CCC(C(N)=O)N1CCC2(CC1)OC(=O)Nc1ccc(F)cc12. The highest BCUT2D eigenvalue weighted by atomic mass is 19.1. The Morgan fingerprint density at radius 3 is 2.78 bits per heavy atom. The molecule has 1 aromatic carbocycles. The van der Waals surface area contributed by atoms with Crippen molar-refractivity contribution in [1.29, 1.82) is 0 Å². The summed E-state index contributed by atoms with van der Waals surface area (Å²) in [6.07, 6.45) is 1.11. The molecule has 23 heavy (non-hydrogen) atoms. The second kappa shape index (κ2) is 5.81. The van der Waals surface area contributed by atoms with Gasteiger partial charge >= 0.3 is 6.09 Å². The van der Waals surface area contributed by atoms with Gasteiger partial charge in [-0.25, -0.2) is 9.18 Å². The number of ether oxygens (including phenoxy) is 1. The number of anilines is 1. The number of nitrogens with two attached hydrogens (primary N) is 1. The Labute approximate surface area is 133 Å². The van der Waals surface area contributed by atoms with E-state index in [1.807, 2.05) is 11.8 Å². The minimum atomic E-state index is -0.841. The Kier molecular flexibility index (Phi) is 3.97. The van der Waals surface area contributed by atoms with Gasteiger partial charge in [-0.1, -0.05) is 6.92 Å². The van der Waals surface area contributed by atoms with Crippen LogP contribution in [0.3, 0.4) is 0 Å². The lowest BCUT2D eigenvalue weighted by Crippen LogP contribution is -2.53. The molecule has 2 heterocycles. The minimum Gasteiger partial charge on any atom is -0.438 e. The summed E-state index contributed by atoms with van der Waals surface area (Å²) in [6, 6.07) is 3.96. The number of nitrogens with one attached hydrogen (secondary N) is 1. The highest BCUT2D eigenvalue weighted by Gasteiger charge is 2.45. The monoisotopic (exact) mass is 321 g/mol. The number of halogens is 1. The molecule has 6 nitrogen and oxygen atoms in total. The van der Waals surface area contributed by atoms with E-state index in [4.69, 9.17) is 10.5 Å². The first-order valence-electron chi connectivity index (χ1n) is 7.78. The summed E-state index contributed by atoms with van der Waals surface area (Å²) in [7, 11) is 0. The Morgan fingerprint density at radius 1 is 1.48 bits per heavy atom. The molecular weight excluding hydrogens is 301 g/mol. The van der Waals surface area contributed by atoms with Crippen LogP contribution in [0.4, 0.5) is 14.9 Å². The van der Waals surface area contributed by atoms with E-state index in [0.29, 0.717) is 43.6 Å². The molecule has 2 aliphatic heterocycles. The molecule has 1 fully saturated rings. The molecule has 1 unspecified atom stereocenters. The fraction of sp³-hybridized carbons (Fsp3) is 0.500. The molecule has 1 spiro atoms. The molecule has 1 saturated heterocycles. The molecule has 3 N–H and O–H groups in total. The van der Waals surface area contributed by atoms with Crippen LogP contribution in [-0.4, -0.2) is 36.0 Å². The molecule has 2 aliphatic rings. The second-order valence-electron chi connectivity index (χ2n) is 6.06. The molecule has 124 valence electrons. The highest BCUT2D eigenvalue weighted by molar-refractivity contribution is 5.88. The molecule has 0 bridgehead atoms. The minimum absolute atomic E-state index is 0.322. The Bertz CT molecular complexity index is 641. The van der Waals surface area contributed by atoms with Gasteiger partial charge in [-0.15, -0.1) is 0 Å². The topological polar surface area (TPSA) is 84.7 Å². The fourth-order valence-electron chi connectivity index (χ4n) is 3.58. The average Bonchev–Trinajstić information content (AvgIpc) is 2.50.